The van der Waals surface area contributed by atoms with Crippen molar-refractivity contribution in [3.63, 3.8) is 0 Å². The van der Waals surface area contributed by atoms with Gasteiger partial charge in [-0.3, -0.25) is 4.98 Å². The van der Waals surface area contributed by atoms with Crippen LogP contribution in [0.4, 0.5) is 0 Å². The third-order valence-corrected chi connectivity index (χ3v) is 5.68. The molecule has 0 saturated carbocycles. The molecule has 30 heavy (non-hydrogen) atoms. The van der Waals surface area contributed by atoms with Crippen molar-refractivity contribution < 1.29 is 4.42 Å². The van der Waals surface area contributed by atoms with Crippen LogP contribution in [0, 0.1) is 12.8 Å². The van der Waals surface area contributed by atoms with Gasteiger partial charge in [0.1, 0.15) is 11.2 Å². The first-order chi connectivity index (χ1) is 14.6. The normalized spacial score (nSPS) is 11.6. The zero-order chi connectivity index (χ0) is 20.7. The summed E-state index contributed by atoms with van der Waals surface area (Å²) in [6, 6.07) is 25.6. The van der Waals surface area contributed by atoms with E-state index in [1.165, 1.54) is 27.6 Å². The van der Waals surface area contributed by atoms with Gasteiger partial charge in [-0.05, 0) is 71.8 Å². The summed E-state index contributed by atoms with van der Waals surface area (Å²) < 4.78 is 6.46. The van der Waals surface area contributed by atoms with Crippen molar-refractivity contribution in [1.82, 2.24) is 4.98 Å². The van der Waals surface area contributed by atoms with E-state index in [1.54, 1.807) is 0 Å². The van der Waals surface area contributed by atoms with E-state index in [-0.39, 0.29) is 0 Å². The number of pyridine rings is 1. The Kier molecular flexibility index (Phi) is 4.63. The van der Waals surface area contributed by atoms with Crippen LogP contribution in [0.3, 0.4) is 0 Å². The molecule has 0 saturated heterocycles. The Labute approximate surface area is 177 Å². The molecular weight excluding hydrogens is 366 g/mol. The van der Waals surface area contributed by atoms with Crippen molar-refractivity contribution in [1.29, 1.82) is 0 Å². The maximum Gasteiger partial charge on any atom is 0.145 e. The van der Waals surface area contributed by atoms with E-state index < -0.39 is 0 Å². The first-order valence-corrected chi connectivity index (χ1v) is 10.6. The standard InChI is InChI=1S/C28H25NO/c1-18(2)15-20-13-14-29-25(16-20)23-11-9-19(3)27-24-12-10-22(17-26(24)30-28(23)27)21-7-5-4-6-8-21/h4-14,16-18H,15H2,1-3H3. The number of aryl methyl sites for hydroxylation is 1. The largest absolute Gasteiger partial charge is 0.455 e. The lowest BCUT2D eigenvalue weighted by atomic mass is 9.98. The molecule has 0 amide bonds. The number of rotatable bonds is 4. The average Bonchev–Trinajstić information content (AvgIpc) is 3.14. The number of benzene rings is 3. The molecule has 0 aliphatic carbocycles. The fourth-order valence-electron chi connectivity index (χ4n) is 4.28. The minimum absolute atomic E-state index is 0.612. The minimum Gasteiger partial charge on any atom is -0.455 e. The molecule has 5 aromatic rings. The minimum atomic E-state index is 0.612. The SMILES string of the molecule is Cc1ccc(-c2cc(CC(C)C)ccn2)c2oc3cc(-c4ccccc4)ccc3c12. The molecule has 2 heterocycles. The molecule has 0 atom stereocenters. The smallest absolute Gasteiger partial charge is 0.145 e. The molecule has 148 valence electrons. The molecule has 0 radical (unpaired) electrons. The summed E-state index contributed by atoms with van der Waals surface area (Å²) in [5, 5.41) is 2.33. The Balaban J connectivity index is 1.70. The van der Waals surface area contributed by atoms with Crippen molar-refractivity contribution in [2.75, 3.05) is 0 Å². The van der Waals surface area contributed by atoms with Gasteiger partial charge >= 0.3 is 0 Å². The maximum atomic E-state index is 6.46. The van der Waals surface area contributed by atoms with Gasteiger partial charge in [0.05, 0.1) is 5.69 Å². The monoisotopic (exact) mass is 391 g/mol. The number of furan rings is 1. The Morgan fingerprint density at radius 2 is 1.70 bits per heavy atom. The second-order valence-corrected chi connectivity index (χ2v) is 8.46. The Morgan fingerprint density at radius 3 is 2.50 bits per heavy atom. The fourth-order valence-corrected chi connectivity index (χ4v) is 4.28. The fraction of sp³-hybridized carbons (Fsp3) is 0.179. The van der Waals surface area contributed by atoms with Crippen LogP contribution in [0.25, 0.3) is 44.3 Å². The van der Waals surface area contributed by atoms with Crippen molar-refractivity contribution in [3.05, 3.63) is 90.1 Å². The van der Waals surface area contributed by atoms with Crippen molar-refractivity contribution in [2.24, 2.45) is 5.92 Å². The molecular formula is C28H25NO. The van der Waals surface area contributed by atoms with Crippen LogP contribution in [0.1, 0.15) is 25.0 Å². The zero-order valence-corrected chi connectivity index (χ0v) is 17.6. The average molecular weight is 392 g/mol. The molecule has 5 rings (SSSR count). The highest BCUT2D eigenvalue weighted by Gasteiger charge is 2.16. The van der Waals surface area contributed by atoms with Gasteiger partial charge in [0.2, 0.25) is 0 Å². The van der Waals surface area contributed by atoms with Gasteiger partial charge in [-0.1, -0.05) is 56.3 Å². The van der Waals surface area contributed by atoms with Gasteiger partial charge < -0.3 is 4.42 Å². The van der Waals surface area contributed by atoms with Crippen LogP contribution in [-0.4, -0.2) is 4.98 Å². The van der Waals surface area contributed by atoms with E-state index in [0.717, 1.165) is 34.2 Å². The molecule has 3 aromatic carbocycles. The van der Waals surface area contributed by atoms with Crippen molar-refractivity contribution >= 4 is 21.9 Å². The van der Waals surface area contributed by atoms with Gasteiger partial charge in [0, 0.05) is 22.5 Å². The van der Waals surface area contributed by atoms with Crippen LogP contribution in [0.2, 0.25) is 0 Å². The molecule has 0 aliphatic rings. The molecule has 0 spiro atoms. The quantitative estimate of drug-likeness (QED) is 0.312. The summed E-state index contributed by atoms with van der Waals surface area (Å²) >= 11 is 0. The maximum absolute atomic E-state index is 6.46. The lowest BCUT2D eigenvalue weighted by molar-refractivity contribution is 0.647. The van der Waals surface area contributed by atoms with Gasteiger partial charge in [-0.15, -0.1) is 0 Å². The summed E-state index contributed by atoms with van der Waals surface area (Å²) in [6.45, 7) is 6.64. The van der Waals surface area contributed by atoms with Crippen LogP contribution < -0.4 is 0 Å². The zero-order valence-electron chi connectivity index (χ0n) is 17.6. The highest BCUT2D eigenvalue weighted by atomic mass is 16.3. The van der Waals surface area contributed by atoms with Gasteiger partial charge in [0.15, 0.2) is 0 Å². The van der Waals surface area contributed by atoms with E-state index >= 15 is 0 Å². The molecule has 0 bridgehead atoms. The lowest BCUT2D eigenvalue weighted by Gasteiger charge is -2.08. The molecule has 0 fully saturated rings. The molecule has 2 nitrogen and oxygen atoms in total. The number of aromatic nitrogens is 1. The van der Waals surface area contributed by atoms with Gasteiger partial charge in [0.25, 0.3) is 0 Å². The molecule has 0 unspecified atom stereocenters. The number of hydrogen-bond donors (Lipinski definition) is 0. The predicted octanol–water partition coefficient (Wildman–Crippen LogP) is 7.82. The highest BCUT2D eigenvalue weighted by Crippen LogP contribution is 2.38. The molecule has 0 aliphatic heterocycles. The van der Waals surface area contributed by atoms with Gasteiger partial charge in [-0.25, -0.2) is 0 Å². The number of fused-ring (bicyclic) bond motifs is 3. The predicted molar refractivity (Wildman–Crippen MR) is 126 cm³/mol. The van der Waals surface area contributed by atoms with Crippen molar-refractivity contribution in [3.8, 4) is 22.4 Å². The molecule has 0 N–H and O–H groups in total. The highest BCUT2D eigenvalue weighted by molar-refractivity contribution is 6.11. The third-order valence-electron chi connectivity index (χ3n) is 5.68. The summed E-state index contributed by atoms with van der Waals surface area (Å²) in [5.74, 6) is 0.612. The topological polar surface area (TPSA) is 26.0 Å². The van der Waals surface area contributed by atoms with E-state index in [1.807, 2.05) is 12.3 Å². The summed E-state index contributed by atoms with van der Waals surface area (Å²) in [4.78, 5) is 4.67. The molecule has 2 aromatic heterocycles. The Hall–Kier alpha value is -3.39. The van der Waals surface area contributed by atoms with Crippen LogP contribution >= 0.6 is 0 Å². The van der Waals surface area contributed by atoms with E-state index in [0.29, 0.717) is 5.92 Å². The van der Waals surface area contributed by atoms with Crippen LogP contribution in [-0.2, 0) is 6.42 Å². The first kappa shape index (κ1) is 18.6. The van der Waals surface area contributed by atoms with Gasteiger partial charge in [-0.2, -0.15) is 0 Å². The Bertz CT molecular complexity index is 1350. The lowest BCUT2D eigenvalue weighted by Crippen LogP contribution is -1.95. The molecule has 2 heteroatoms. The second-order valence-electron chi connectivity index (χ2n) is 8.46. The third kappa shape index (κ3) is 3.29. The summed E-state index contributed by atoms with van der Waals surface area (Å²) in [6.07, 6.45) is 2.96. The van der Waals surface area contributed by atoms with E-state index in [4.69, 9.17) is 4.42 Å². The summed E-state index contributed by atoms with van der Waals surface area (Å²) in [7, 11) is 0. The summed E-state index contributed by atoms with van der Waals surface area (Å²) in [5.41, 5.74) is 8.76. The van der Waals surface area contributed by atoms with E-state index in [9.17, 15) is 0 Å². The number of hydrogen-bond acceptors (Lipinski definition) is 2. The van der Waals surface area contributed by atoms with Crippen LogP contribution in [0.15, 0.2) is 83.4 Å². The second kappa shape index (κ2) is 7.46. The Morgan fingerprint density at radius 1 is 0.867 bits per heavy atom. The number of nitrogens with zero attached hydrogens (tertiary/aromatic N) is 1. The van der Waals surface area contributed by atoms with E-state index in [2.05, 4.69) is 92.5 Å². The van der Waals surface area contributed by atoms with Crippen molar-refractivity contribution in [2.45, 2.75) is 27.2 Å². The first-order valence-electron chi connectivity index (χ1n) is 10.6. The van der Waals surface area contributed by atoms with Crippen LogP contribution in [0.5, 0.6) is 0 Å².